The summed E-state index contributed by atoms with van der Waals surface area (Å²) in [7, 11) is -4.20. The summed E-state index contributed by atoms with van der Waals surface area (Å²) in [5.41, 5.74) is 2.32. The number of carbonyl (C=O) groups is 2. The Morgan fingerprint density at radius 3 is 2.12 bits per heavy atom. The number of sulfonamides is 1. The quantitative estimate of drug-likeness (QED) is 0.318. The Balaban J connectivity index is 2.08. The molecule has 0 radical (unpaired) electrons. The minimum atomic E-state index is -4.20. The van der Waals surface area contributed by atoms with Crippen molar-refractivity contribution in [1.29, 1.82) is 0 Å². The van der Waals surface area contributed by atoms with Gasteiger partial charge in [0.25, 0.3) is 10.0 Å². The molecule has 0 aromatic heterocycles. The van der Waals surface area contributed by atoms with Crippen LogP contribution < -0.4 is 9.62 Å². The lowest BCUT2D eigenvalue weighted by Gasteiger charge is -2.33. The molecule has 0 saturated heterocycles. The molecule has 0 aliphatic heterocycles. The van der Waals surface area contributed by atoms with Gasteiger partial charge < -0.3 is 10.2 Å². The van der Waals surface area contributed by atoms with Crippen LogP contribution >= 0.6 is 23.2 Å². The molecule has 0 aliphatic rings. The number of halogens is 2. The second-order valence-electron chi connectivity index (χ2n) is 10.8. The average Bonchev–Trinajstić information content (AvgIpc) is 2.87. The zero-order valence-corrected chi connectivity index (χ0v) is 25.9. The number of nitrogens with zero attached hydrogens (tertiary/aromatic N) is 2. The molecule has 0 saturated carbocycles. The van der Waals surface area contributed by atoms with Crippen molar-refractivity contribution in [2.45, 2.75) is 64.6 Å². The van der Waals surface area contributed by atoms with Crippen molar-refractivity contribution in [3.8, 4) is 0 Å². The Morgan fingerprint density at radius 2 is 1.55 bits per heavy atom. The van der Waals surface area contributed by atoms with E-state index in [9.17, 15) is 18.0 Å². The van der Waals surface area contributed by atoms with E-state index in [1.165, 1.54) is 35.2 Å². The van der Waals surface area contributed by atoms with Gasteiger partial charge in [0, 0.05) is 12.1 Å². The normalized spacial score (nSPS) is 12.5. The highest BCUT2D eigenvalue weighted by Crippen LogP contribution is 2.31. The first-order valence-corrected chi connectivity index (χ1v) is 15.0. The van der Waals surface area contributed by atoms with E-state index in [-0.39, 0.29) is 33.1 Å². The third-order valence-corrected chi connectivity index (χ3v) is 8.87. The average molecular weight is 605 g/mol. The maximum absolute atomic E-state index is 14.0. The molecule has 0 spiro atoms. The van der Waals surface area contributed by atoms with Gasteiger partial charge in [0.2, 0.25) is 11.8 Å². The molecular formula is C30H35Cl2N3O4S. The lowest BCUT2D eigenvalue weighted by Crippen LogP contribution is -2.54. The summed E-state index contributed by atoms with van der Waals surface area (Å²) in [6.45, 7) is 10.5. The lowest BCUT2D eigenvalue weighted by atomic mass is 10.1. The van der Waals surface area contributed by atoms with E-state index >= 15 is 0 Å². The standard InChI is InChI=1S/C30H35Cl2N3O4S/c1-20-11-14-25(15-12-20)40(38,39)35(24-13-16-26(31)27(32)17-24)19-28(36)34(18-23-10-8-7-9-21(23)2)22(3)29(37)33-30(4,5)6/h7-17,22H,18-19H2,1-6H3,(H,33,37)/t22-/m1/s1. The number of carbonyl (C=O) groups excluding carboxylic acids is 2. The fourth-order valence-electron chi connectivity index (χ4n) is 4.03. The molecule has 0 bridgehead atoms. The number of amides is 2. The summed E-state index contributed by atoms with van der Waals surface area (Å²) in [5, 5.41) is 3.31. The third-order valence-electron chi connectivity index (χ3n) is 6.35. The molecule has 0 unspecified atom stereocenters. The predicted octanol–water partition coefficient (Wildman–Crippen LogP) is 6.14. The van der Waals surface area contributed by atoms with E-state index in [1.807, 2.05) is 58.9 Å². The summed E-state index contributed by atoms with van der Waals surface area (Å²) in [6.07, 6.45) is 0. The van der Waals surface area contributed by atoms with Crippen molar-refractivity contribution in [3.05, 3.63) is 93.5 Å². The van der Waals surface area contributed by atoms with E-state index in [4.69, 9.17) is 23.2 Å². The van der Waals surface area contributed by atoms with Crippen molar-refractivity contribution in [1.82, 2.24) is 10.2 Å². The number of benzene rings is 3. The zero-order valence-electron chi connectivity index (χ0n) is 23.5. The fourth-order valence-corrected chi connectivity index (χ4v) is 5.73. The topological polar surface area (TPSA) is 86.8 Å². The first kappa shape index (κ1) is 31.5. The third kappa shape index (κ3) is 7.77. The van der Waals surface area contributed by atoms with Gasteiger partial charge in [0.15, 0.2) is 0 Å². The number of hydrogen-bond donors (Lipinski definition) is 1. The number of rotatable bonds is 9. The molecule has 0 fully saturated rings. The van der Waals surface area contributed by atoms with Crippen molar-refractivity contribution < 1.29 is 18.0 Å². The van der Waals surface area contributed by atoms with Gasteiger partial charge in [0.1, 0.15) is 12.6 Å². The van der Waals surface area contributed by atoms with Crippen molar-refractivity contribution in [2.75, 3.05) is 10.8 Å². The summed E-state index contributed by atoms with van der Waals surface area (Å²) in [6, 6.07) is 17.4. The number of aryl methyl sites for hydroxylation is 2. The highest BCUT2D eigenvalue weighted by atomic mass is 35.5. The molecule has 7 nitrogen and oxygen atoms in total. The van der Waals surface area contributed by atoms with E-state index in [0.717, 1.165) is 21.0 Å². The van der Waals surface area contributed by atoms with E-state index in [0.29, 0.717) is 0 Å². The van der Waals surface area contributed by atoms with Crippen LogP contribution in [0.4, 0.5) is 5.69 Å². The molecule has 3 rings (SSSR count). The van der Waals surface area contributed by atoms with Gasteiger partial charge in [0.05, 0.1) is 20.6 Å². The minimum absolute atomic E-state index is 0.0148. The number of hydrogen-bond acceptors (Lipinski definition) is 4. The lowest BCUT2D eigenvalue weighted by molar-refractivity contribution is -0.140. The van der Waals surface area contributed by atoms with Crippen LogP contribution in [0.2, 0.25) is 10.0 Å². The van der Waals surface area contributed by atoms with Gasteiger partial charge in [-0.1, -0.05) is 65.2 Å². The van der Waals surface area contributed by atoms with Gasteiger partial charge in [-0.05, 0) is 83.0 Å². The molecule has 10 heteroatoms. The largest absolute Gasteiger partial charge is 0.350 e. The molecule has 3 aromatic carbocycles. The van der Waals surface area contributed by atoms with Crippen LogP contribution in [-0.2, 0) is 26.2 Å². The SMILES string of the molecule is Cc1ccc(S(=O)(=O)N(CC(=O)N(Cc2ccccc2C)[C@H](C)C(=O)NC(C)(C)C)c2ccc(Cl)c(Cl)c2)cc1. The Labute approximate surface area is 247 Å². The Morgan fingerprint density at radius 1 is 0.925 bits per heavy atom. The van der Waals surface area contributed by atoms with Crippen LogP contribution in [0.25, 0.3) is 0 Å². The molecule has 0 heterocycles. The van der Waals surface area contributed by atoms with Crippen LogP contribution in [0.5, 0.6) is 0 Å². The maximum Gasteiger partial charge on any atom is 0.264 e. The molecule has 40 heavy (non-hydrogen) atoms. The molecule has 3 aromatic rings. The van der Waals surface area contributed by atoms with Crippen LogP contribution in [0.1, 0.15) is 44.4 Å². The van der Waals surface area contributed by atoms with E-state index in [1.54, 1.807) is 19.1 Å². The van der Waals surface area contributed by atoms with Crippen LogP contribution in [0.15, 0.2) is 71.6 Å². The monoisotopic (exact) mass is 603 g/mol. The molecule has 1 atom stereocenters. The molecule has 0 aliphatic carbocycles. The summed E-state index contributed by atoms with van der Waals surface area (Å²) < 4.78 is 28.8. The van der Waals surface area contributed by atoms with Gasteiger partial charge in [-0.25, -0.2) is 8.42 Å². The number of anilines is 1. The van der Waals surface area contributed by atoms with Gasteiger partial charge in [-0.3, -0.25) is 13.9 Å². The van der Waals surface area contributed by atoms with Crippen LogP contribution in [0, 0.1) is 13.8 Å². The maximum atomic E-state index is 14.0. The van der Waals surface area contributed by atoms with Gasteiger partial charge in [-0.15, -0.1) is 0 Å². The minimum Gasteiger partial charge on any atom is -0.350 e. The summed E-state index contributed by atoms with van der Waals surface area (Å²) in [4.78, 5) is 28.6. The highest BCUT2D eigenvalue weighted by molar-refractivity contribution is 7.92. The fraction of sp³-hybridized carbons (Fsp3) is 0.333. The second-order valence-corrected chi connectivity index (χ2v) is 13.5. The van der Waals surface area contributed by atoms with Crippen LogP contribution in [0.3, 0.4) is 0 Å². The Bertz CT molecular complexity index is 1490. The van der Waals surface area contributed by atoms with Crippen LogP contribution in [-0.4, -0.2) is 43.3 Å². The molecule has 214 valence electrons. The summed E-state index contributed by atoms with van der Waals surface area (Å²) >= 11 is 12.4. The first-order valence-electron chi connectivity index (χ1n) is 12.8. The smallest absolute Gasteiger partial charge is 0.264 e. The van der Waals surface area contributed by atoms with Crippen molar-refractivity contribution in [3.63, 3.8) is 0 Å². The van der Waals surface area contributed by atoms with Crippen molar-refractivity contribution >= 4 is 50.7 Å². The van der Waals surface area contributed by atoms with E-state index < -0.39 is 34.1 Å². The van der Waals surface area contributed by atoms with E-state index in [2.05, 4.69) is 5.32 Å². The highest BCUT2D eigenvalue weighted by Gasteiger charge is 2.33. The van der Waals surface area contributed by atoms with Gasteiger partial charge in [-0.2, -0.15) is 0 Å². The van der Waals surface area contributed by atoms with Gasteiger partial charge >= 0.3 is 0 Å². The predicted molar refractivity (Wildman–Crippen MR) is 161 cm³/mol. The summed E-state index contributed by atoms with van der Waals surface area (Å²) in [5.74, 6) is -0.904. The first-order chi connectivity index (χ1) is 18.6. The zero-order chi connectivity index (χ0) is 29.8. The Hall–Kier alpha value is -3.07. The molecule has 1 N–H and O–H groups in total. The Kier molecular flexibility index (Phi) is 9.93. The van der Waals surface area contributed by atoms with Crippen molar-refractivity contribution in [2.24, 2.45) is 0 Å². The second kappa shape index (κ2) is 12.6. The molecular weight excluding hydrogens is 569 g/mol. The number of nitrogens with one attached hydrogen (secondary N) is 1. The molecule has 2 amide bonds.